The van der Waals surface area contributed by atoms with Gasteiger partial charge in [-0.3, -0.25) is 4.79 Å². The molecule has 0 radical (unpaired) electrons. The van der Waals surface area contributed by atoms with E-state index in [1.165, 1.54) is 0 Å². The number of primary amides is 1. The molecule has 1 aromatic carbocycles. The number of benzene rings is 1. The van der Waals surface area contributed by atoms with Gasteiger partial charge in [0.05, 0.1) is 6.61 Å². The van der Waals surface area contributed by atoms with Crippen LogP contribution in [0, 0.1) is 5.92 Å². The van der Waals surface area contributed by atoms with E-state index in [9.17, 15) is 4.79 Å². The third kappa shape index (κ3) is 3.09. The molecule has 76 valence electrons. The third-order valence-electron chi connectivity index (χ3n) is 1.70. The highest BCUT2D eigenvalue weighted by Gasteiger charge is 2.02. The smallest absolute Gasteiger partial charge is 0.248 e. The number of amides is 1. The number of carbonyl (C=O) groups excluding carboxylic acids is 1. The SMILES string of the molecule is CC(C)COc1cccc(C(N)=O)c1. The quantitative estimate of drug-likeness (QED) is 0.793. The molecule has 1 amide bonds. The normalized spacial score (nSPS) is 10.2. The van der Waals surface area contributed by atoms with Crippen LogP contribution in [0.15, 0.2) is 24.3 Å². The topological polar surface area (TPSA) is 52.3 Å². The van der Waals surface area contributed by atoms with Crippen LogP contribution in [0.4, 0.5) is 0 Å². The summed E-state index contributed by atoms with van der Waals surface area (Å²) in [5, 5.41) is 0. The highest BCUT2D eigenvalue weighted by atomic mass is 16.5. The van der Waals surface area contributed by atoms with E-state index in [4.69, 9.17) is 10.5 Å². The van der Waals surface area contributed by atoms with Crippen LogP contribution in [0.5, 0.6) is 5.75 Å². The Kier molecular flexibility index (Phi) is 3.51. The molecule has 1 rings (SSSR count). The van der Waals surface area contributed by atoms with Crippen LogP contribution in [0.2, 0.25) is 0 Å². The summed E-state index contributed by atoms with van der Waals surface area (Å²) in [6.45, 7) is 4.78. The van der Waals surface area contributed by atoms with Crippen molar-refractivity contribution in [3.8, 4) is 5.75 Å². The maximum absolute atomic E-state index is 10.9. The highest BCUT2D eigenvalue weighted by molar-refractivity contribution is 5.93. The van der Waals surface area contributed by atoms with E-state index in [2.05, 4.69) is 13.8 Å². The molecule has 3 heteroatoms. The Labute approximate surface area is 83.9 Å². The number of ether oxygens (including phenoxy) is 1. The van der Waals surface area contributed by atoms with Crippen molar-refractivity contribution in [3.63, 3.8) is 0 Å². The van der Waals surface area contributed by atoms with Crippen LogP contribution < -0.4 is 10.5 Å². The molecule has 2 N–H and O–H groups in total. The zero-order valence-electron chi connectivity index (χ0n) is 8.49. The Balaban J connectivity index is 2.69. The molecule has 0 atom stereocenters. The van der Waals surface area contributed by atoms with Gasteiger partial charge in [-0.15, -0.1) is 0 Å². The third-order valence-corrected chi connectivity index (χ3v) is 1.70. The predicted octanol–water partition coefficient (Wildman–Crippen LogP) is 1.82. The Morgan fingerprint density at radius 1 is 1.50 bits per heavy atom. The van der Waals surface area contributed by atoms with Crippen molar-refractivity contribution in [1.82, 2.24) is 0 Å². The first-order chi connectivity index (χ1) is 6.59. The summed E-state index contributed by atoms with van der Waals surface area (Å²) in [5.74, 6) is 0.724. The number of rotatable bonds is 4. The first-order valence-electron chi connectivity index (χ1n) is 4.62. The lowest BCUT2D eigenvalue weighted by molar-refractivity contribution is 0.1000. The van der Waals surface area contributed by atoms with Crippen LogP contribution in [0.1, 0.15) is 24.2 Å². The molecule has 3 nitrogen and oxygen atoms in total. The monoisotopic (exact) mass is 193 g/mol. The minimum atomic E-state index is -0.431. The summed E-state index contributed by atoms with van der Waals surface area (Å²) in [6, 6.07) is 6.90. The van der Waals surface area contributed by atoms with Gasteiger partial charge in [-0.05, 0) is 24.1 Å². The van der Waals surface area contributed by atoms with Gasteiger partial charge in [0.15, 0.2) is 0 Å². The Bertz CT molecular complexity index is 321. The van der Waals surface area contributed by atoms with Crippen LogP contribution in [-0.4, -0.2) is 12.5 Å². The van der Waals surface area contributed by atoms with Gasteiger partial charge in [0.1, 0.15) is 5.75 Å². The zero-order chi connectivity index (χ0) is 10.6. The van der Waals surface area contributed by atoms with Gasteiger partial charge in [-0.1, -0.05) is 19.9 Å². The Morgan fingerprint density at radius 3 is 2.79 bits per heavy atom. The molecule has 0 aromatic heterocycles. The maximum atomic E-state index is 10.9. The van der Waals surface area contributed by atoms with Gasteiger partial charge >= 0.3 is 0 Å². The van der Waals surface area contributed by atoms with E-state index in [1.54, 1.807) is 18.2 Å². The average molecular weight is 193 g/mol. The molecule has 0 saturated carbocycles. The molecule has 0 bridgehead atoms. The van der Waals surface area contributed by atoms with Crippen molar-refractivity contribution >= 4 is 5.91 Å². The van der Waals surface area contributed by atoms with Gasteiger partial charge < -0.3 is 10.5 Å². The summed E-state index contributed by atoms with van der Waals surface area (Å²) >= 11 is 0. The number of hydrogen-bond acceptors (Lipinski definition) is 2. The molecular formula is C11H15NO2. The lowest BCUT2D eigenvalue weighted by atomic mass is 10.2. The van der Waals surface area contributed by atoms with E-state index in [0.717, 1.165) is 0 Å². The summed E-state index contributed by atoms with van der Waals surface area (Å²) in [6.07, 6.45) is 0. The second-order valence-corrected chi connectivity index (χ2v) is 3.60. The van der Waals surface area contributed by atoms with Crippen molar-refractivity contribution < 1.29 is 9.53 Å². The number of nitrogens with two attached hydrogens (primary N) is 1. The first kappa shape index (κ1) is 10.6. The fourth-order valence-corrected chi connectivity index (χ4v) is 1.00. The molecule has 0 unspecified atom stereocenters. The van der Waals surface area contributed by atoms with Gasteiger partial charge in [0, 0.05) is 5.56 Å². The highest BCUT2D eigenvalue weighted by Crippen LogP contribution is 2.13. The number of carbonyl (C=O) groups is 1. The van der Waals surface area contributed by atoms with E-state index in [-0.39, 0.29) is 0 Å². The van der Waals surface area contributed by atoms with Crippen LogP contribution in [-0.2, 0) is 0 Å². The van der Waals surface area contributed by atoms with E-state index >= 15 is 0 Å². The van der Waals surface area contributed by atoms with Gasteiger partial charge in [-0.25, -0.2) is 0 Å². The lowest BCUT2D eigenvalue weighted by Crippen LogP contribution is -2.11. The second kappa shape index (κ2) is 4.65. The number of hydrogen-bond donors (Lipinski definition) is 1. The van der Waals surface area contributed by atoms with Gasteiger partial charge in [0.2, 0.25) is 5.91 Å². The summed E-state index contributed by atoms with van der Waals surface area (Å²) in [5.41, 5.74) is 5.62. The fourth-order valence-electron chi connectivity index (χ4n) is 1.00. The minimum Gasteiger partial charge on any atom is -0.493 e. The van der Waals surface area contributed by atoms with Gasteiger partial charge in [0.25, 0.3) is 0 Å². The predicted molar refractivity (Wildman–Crippen MR) is 55.3 cm³/mol. The Hall–Kier alpha value is -1.51. The minimum absolute atomic E-state index is 0.431. The van der Waals surface area contributed by atoms with Crippen LogP contribution in [0.3, 0.4) is 0 Å². The van der Waals surface area contributed by atoms with Crippen molar-refractivity contribution in [2.24, 2.45) is 11.7 Å². The maximum Gasteiger partial charge on any atom is 0.248 e. The Morgan fingerprint density at radius 2 is 2.21 bits per heavy atom. The summed E-state index contributed by atoms with van der Waals surface area (Å²) < 4.78 is 5.45. The van der Waals surface area contributed by atoms with Crippen molar-refractivity contribution in [2.45, 2.75) is 13.8 Å². The van der Waals surface area contributed by atoms with Crippen molar-refractivity contribution in [1.29, 1.82) is 0 Å². The molecule has 0 aliphatic rings. The van der Waals surface area contributed by atoms with Crippen molar-refractivity contribution in [2.75, 3.05) is 6.61 Å². The average Bonchev–Trinajstić information content (AvgIpc) is 2.15. The second-order valence-electron chi connectivity index (χ2n) is 3.60. The molecule has 0 aliphatic carbocycles. The largest absolute Gasteiger partial charge is 0.493 e. The summed E-state index contributed by atoms with van der Waals surface area (Å²) in [4.78, 5) is 10.9. The molecule has 14 heavy (non-hydrogen) atoms. The molecule has 0 spiro atoms. The molecule has 0 aliphatic heterocycles. The van der Waals surface area contributed by atoms with Gasteiger partial charge in [-0.2, -0.15) is 0 Å². The standard InChI is InChI=1S/C11H15NO2/c1-8(2)7-14-10-5-3-4-9(6-10)11(12)13/h3-6,8H,7H2,1-2H3,(H2,12,13). The first-order valence-corrected chi connectivity index (χ1v) is 4.62. The van der Waals surface area contributed by atoms with E-state index in [1.807, 2.05) is 6.07 Å². The lowest BCUT2D eigenvalue weighted by Gasteiger charge is -2.08. The molecule has 1 aromatic rings. The summed E-state index contributed by atoms with van der Waals surface area (Å²) in [7, 11) is 0. The van der Waals surface area contributed by atoms with Crippen LogP contribution in [0.25, 0.3) is 0 Å². The molecule has 0 heterocycles. The molecular weight excluding hydrogens is 178 g/mol. The molecule has 0 saturated heterocycles. The van der Waals surface area contributed by atoms with Crippen LogP contribution >= 0.6 is 0 Å². The van der Waals surface area contributed by atoms with E-state index in [0.29, 0.717) is 23.8 Å². The fraction of sp³-hybridized carbons (Fsp3) is 0.364. The van der Waals surface area contributed by atoms with Crippen molar-refractivity contribution in [3.05, 3.63) is 29.8 Å². The molecule has 0 fully saturated rings. The van der Waals surface area contributed by atoms with E-state index < -0.39 is 5.91 Å². The zero-order valence-corrected chi connectivity index (χ0v) is 8.49.